The fourth-order valence-electron chi connectivity index (χ4n) is 1.36. The summed E-state index contributed by atoms with van der Waals surface area (Å²) < 4.78 is 13.5. The van der Waals surface area contributed by atoms with Crippen molar-refractivity contribution in [2.45, 2.75) is 32.2 Å². The maximum absolute atomic E-state index is 13.5. The Morgan fingerprint density at radius 2 is 2.06 bits per heavy atom. The standard InChI is InChI=1S/C12H15ClFNO/c1-7(2)15-12(16)11(13)9-6-8(3)4-5-10(9)14/h4-7,11H,1-3H3,(H,15,16). The summed E-state index contributed by atoms with van der Waals surface area (Å²) in [6, 6.07) is 4.54. The fraction of sp³-hybridized carbons (Fsp3) is 0.417. The molecule has 1 amide bonds. The highest BCUT2D eigenvalue weighted by Crippen LogP contribution is 2.24. The van der Waals surface area contributed by atoms with Gasteiger partial charge in [-0.15, -0.1) is 11.6 Å². The number of rotatable bonds is 3. The molecular weight excluding hydrogens is 229 g/mol. The van der Waals surface area contributed by atoms with E-state index in [9.17, 15) is 9.18 Å². The zero-order chi connectivity index (χ0) is 12.3. The molecule has 0 aliphatic carbocycles. The first-order valence-electron chi connectivity index (χ1n) is 5.12. The van der Waals surface area contributed by atoms with Crippen LogP contribution in [0.15, 0.2) is 18.2 Å². The van der Waals surface area contributed by atoms with Gasteiger partial charge in [-0.05, 0) is 26.8 Å². The summed E-state index contributed by atoms with van der Waals surface area (Å²) in [5, 5.41) is 1.67. The predicted molar refractivity (Wildman–Crippen MR) is 63.0 cm³/mol. The minimum atomic E-state index is -0.984. The van der Waals surface area contributed by atoms with Crippen molar-refractivity contribution in [3.8, 4) is 0 Å². The van der Waals surface area contributed by atoms with E-state index < -0.39 is 11.2 Å². The lowest BCUT2D eigenvalue weighted by Gasteiger charge is -2.14. The van der Waals surface area contributed by atoms with Gasteiger partial charge in [0.25, 0.3) is 0 Å². The molecule has 1 rings (SSSR count). The molecule has 0 fully saturated rings. The minimum absolute atomic E-state index is 0.0124. The van der Waals surface area contributed by atoms with Gasteiger partial charge < -0.3 is 5.32 Å². The largest absolute Gasteiger partial charge is 0.352 e. The van der Waals surface area contributed by atoms with E-state index in [-0.39, 0.29) is 17.5 Å². The Bertz CT molecular complexity index is 393. The summed E-state index contributed by atoms with van der Waals surface area (Å²) in [5.41, 5.74) is 1.10. The molecule has 16 heavy (non-hydrogen) atoms. The Kier molecular flexibility index (Phi) is 4.30. The van der Waals surface area contributed by atoms with E-state index in [1.54, 1.807) is 12.1 Å². The van der Waals surface area contributed by atoms with Crippen molar-refractivity contribution in [3.05, 3.63) is 35.1 Å². The first-order valence-corrected chi connectivity index (χ1v) is 5.56. The summed E-state index contributed by atoms with van der Waals surface area (Å²) in [7, 11) is 0. The van der Waals surface area contributed by atoms with Gasteiger partial charge in [-0.1, -0.05) is 17.7 Å². The van der Waals surface area contributed by atoms with Gasteiger partial charge in [0.1, 0.15) is 11.2 Å². The van der Waals surface area contributed by atoms with Gasteiger partial charge in [-0.25, -0.2) is 4.39 Å². The van der Waals surface area contributed by atoms with Crippen LogP contribution in [0.25, 0.3) is 0 Å². The third-order valence-corrected chi connectivity index (χ3v) is 2.52. The van der Waals surface area contributed by atoms with E-state index in [2.05, 4.69) is 5.32 Å². The van der Waals surface area contributed by atoms with Crippen molar-refractivity contribution in [2.24, 2.45) is 0 Å². The van der Waals surface area contributed by atoms with E-state index >= 15 is 0 Å². The molecule has 1 atom stereocenters. The summed E-state index contributed by atoms with van der Waals surface area (Å²) in [5.74, 6) is -0.828. The molecule has 0 bridgehead atoms. The van der Waals surface area contributed by atoms with Crippen molar-refractivity contribution in [1.29, 1.82) is 0 Å². The highest BCUT2D eigenvalue weighted by molar-refractivity contribution is 6.30. The molecule has 0 saturated carbocycles. The lowest BCUT2D eigenvalue weighted by molar-refractivity contribution is -0.121. The van der Waals surface area contributed by atoms with Crippen LogP contribution in [0.2, 0.25) is 0 Å². The monoisotopic (exact) mass is 243 g/mol. The van der Waals surface area contributed by atoms with Crippen molar-refractivity contribution >= 4 is 17.5 Å². The lowest BCUT2D eigenvalue weighted by Crippen LogP contribution is -2.33. The summed E-state index contributed by atoms with van der Waals surface area (Å²) in [4.78, 5) is 11.6. The number of hydrogen-bond donors (Lipinski definition) is 1. The molecule has 1 aromatic carbocycles. The number of benzene rings is 1. The maximum atomic E-state index is 13.5. The topological polar surface area (TPSA) is 29.1 Å². The first kappa shape index (κ1) is 13.0. The zero-order valence-electron chi connectivity index (χ0n) is 9.55. The third kappa shape index (κ3) is 3.20. The average Bonchev–Trinajstić information content (AvgIpc) is 2.19. The number of aryl methyl sites for hydroxylation is 1. The lowest BCUT2D eigenvalue weighted by atomic mass is 10.1. The van der Waals surface area contributed by atoms with Crippen LogP contribution in [0.5, 0.6) is 0 Å². The Hall–Kier alpha value is -1.09. The SMILES string of the molecule is Cc1ccc(F)c(C(Cl)C(=O)NC(C)C)c1. The molecule has 0 spiro atoms. The summed E-state index contributed by atoms with van der Waals surface area (Å²) >= 11 is 5.93. The molecule has 0 aliphatic heterocycles. The Morgan fingerprint density at radius 3 is 2.62 bits per heavy atom. The van der Waals surface area contributed by atoms with Gasteiger partial charge in [0, 0.05) is 11.6 Å². The molecule has 0 saturated heterocycles. The zero-order valence-corrected chi connectivity index (χ0v) is 10.3. The fourth-order valence-corrected chi connectivity index (χ4v) is 1.59. The molecule has 1 aromatic rings. The van der Waals surface area contributed by atoms with E-state index in [0.717, 1.165) is 5.56 Å². The molecular formula is C12H15ClFNO. The van der Waals surface area contributed by atoms with Crippen LogP contribution in [-0.2, 0) is 4.79 Å². The van der Waals surface area contributed by atoms with Crippen LogP contribution in [0, 0.1) is 12.7 Å². The van der Waals surface area contributed by atoms with Crippen LogP contribution in [0.3, 0.4) is 0 Å². The van der Waals surface area contributed by atoms with E-state index in [1.807, 2.05) is 20.8 Å². The molecule has 0 aliphatic rings. The molecule has 2 nitrogen and oxygen atoms in total. The van der Waals surface area contributed by atoms with Gasteiger partial charge in [-0.3, -0.25) is 4.79 Å². The van der Waals surface area contributed by atoms with Crippen molar-refractivity contribution in [2.75, 3.05) is 0 Å². The normalized spacial score (nSPS) is 12.6. The Balaban J connectivity index is 2.91. The molecule has 88 valence electrons. The number of hydrogen-bond acceptors (Lipinski definition) is 1. The second-order valence-electron chi connectivity index (χ2n) is 4.05. The Labute approximate surface area is 99.8 Å². The predicted octanol–water partition coefficient (Wildman–Crippen LogP) is 2.94. The quantitative estimate of drug-likeness (QED) is 0.813. The summed E-state index contributed by atoms with van der Waals surface area (Å²) in [6.45, 7) is 5.48. The first-order chi connectivity index (χ1) is 7.41. The van der Waals surface area contributed by atoms with Crippen LogP contribution in [-0.4, -0.2) is 11.9 Å². The number of halogens is 2. The molecule has 4 heteroatoms. The maximum Gasteiger partial charge on any atom is 0.242 e. The molecule has 0 heterocycles. The molecule has 1 unspecified atom stereocenters. The van der Waals surface area contributed by atoms with Gasteiger partial charge in [0.15, 0.2) is 0 Å². The van der Waals surface area contributed by atoms with Gasteiger partial charge in [-0.2, -0.15) is 0 Å². The van der Waals surface area contributed by atoms with Crippen molar-refractivity contribution in [3.63, 3.8) is 0 Å². The molecule has 0 aromatic heterocycles. The second-order valence-corrected chi connectivity index (χ2v) is 4.49. The Morgan fingerprint density at radius 1 is 1.44 bits per heavy atom. The van der Waals surface area contributed by atoms with Gasteiger partial charge in [0.05, 0.1) is 0 Å². The highest BCUT2D eigenvalue weighted by atomic mass is 35.5. The van der Waals surface area contributed by atoms with E-state index in [0.29, 0.717) is 0 Å². The highest BCUT2D eigenvalue weighted by Gasteiger charge is 2.21. The van der Waals surface area contributed by atoms with E-state index in [1.165, 1.54) is 6.07 Å². The summed E-state index contributed by atoms with van der Waals surface area (Å²) in [6.07, 6.45) is 0. The second kappa shape index (κ2) is 5.30. The van der Waals surface area contributed by atoms with Gasteiger partial charge >= 0.3 is 0 Å². The van der Waals surface area contributed by atoms with Gasteiger partial charge in [0.2, 0.25) is 5.91 Å². The van der Waals surface area contributed by atoms with Crippen LogP contribution >= 0.6 is 11.6 Å². The van der Waals surface area contributed by atoms with Crippen molar-refractivity contribution in [1.82, 2.24) is 5.32 Å². The third-order valence-electron chi connectivity index (χ3n) is 2.09. The number of nitrogens with one attached hydrogen (secondary N) is 1. The van der Waals surface area contributed by atoms with Crippen LogP contribution in [0.4, 0.5) is 4.39 Å². The molecule has 0 radical (unpaired) electrons. The number of alkyl halides is 1. The molecule has 1 N–H and O–H groups in total. The number of amides is 1. The smallest absolute Gasteiger partial charge is 0.242 e. The van der Waals surface area contributed by atoms with E-state index in [4.69, 9.17) is 11.6 Å². The van der Waals surface area contributed by atoms with Crippen LogP contribution < -0.4 is 5.32 Å². The average molecular weight is 244 g/mol. The number of carbonyl (C=O) groups excluding carboxylic acids is 1. The number of carbonyl (C=O) groups is 1. The van der Waals surface area contributed by atoms with Crippen molar-refractivity contribution < 1.29 is 9.18 Å². The minimum Gasteiger partial charge on any atom is -0.352 e. The van der Waals surface area contributed by atoms with Crippen LogP contribution in [0.1, 0.15) is 30.4 Å².